The normalized spacial score (nSPS) is 11.3. The monoisotopic (exact) mass is 300 g/mol. The molecule has 0 atom stereocenters. The van der Waals surface area contributed by atoms with Crippen molar-refractivity contribution in [2.24, 2.45) is 0 Å². The Kier molecular flexibility index (Phi) is 6.00. The van der Waals surface area contributed by atoms with Gasteiger partial charge in [-0.25, -0.2) is 13.1 Å². The summed E-state index contributed by atoms with van der Waals surface area (Å²) in [6.45, 7) is 6.35. The van der Waals surface area contributed by atoms with Crippen LogP contribution in [0.15, 0.2) is 35.2 Å². The minimum atomic E-state index is -3.68. The van der Waals surface area contributed by atoms with Gasteiger partial charge in [0.25, 0.3) is 0 Å². The number of nitrogens with one attached hydrogen (secondary N) is 1. The van der Waals surface area contributed by atoms with E-state index < -0.39 is 10.0 Å². The molecule has 3 N–H and O–H groups in total. The SMILES string of the molecule is C=C(C)COCCNS(=O)(=O)c1cc(N)ccc1OC. The Hall–Kier alpha value is -1.57. The largest absolute Gasteiger partial charge is 0.495 e. The number of nitrogens with two attached hydrogens (primary N) is 1. The maximum atomic E-state index is 12.1. The van der Waals surface area contributed by atoms with Gasteiger partial charge in [0, 0.05) is 12.2 Å². The average Bonchev–Trinajstić information content (AvgIpc) is 2.37. The minimum Gasteiger partial charge on any atom is -0.495 e. The summed E-state index contributed by atoms with van der Waals surface area (Å²) in [5.74, 6) is 0.245. The molecule has 0 fully saturated rings. The molecule has 1 aromatic rings. The van der Waals surface area contributed by atoms with Crippen molar-refractivity contribution in [3.8, 4) is 5.75 Å². The van der Waals surface area contributed by atoms with Crippen LogP contribution in [0.25, 0.3) is 0 Å². The maximum Gasteiger partial charge on any atom is 0.244 e. The Labute approximate surface area is 119 Å². The van der Waals surface area contributed by atoms with E-state index in [0.29, 0.717) is 12.3 Å². The summed E-state index contributed by atoms with van der Waals surface area (Å²) in [4.78, 5) is 0.0138. The molecule has 0 aromatic heterocycles. The number of sulfonamides is 1. The van der Waals surface area contributed by atoms with Gasteiger partial charge in [0.2, 0.25) is 10.0 Å². The molecule has 20 heavy (non-hydrogen) atoms. The molecule has 1 rings (SSSR count). The van der Waals surface area contributed by atoms with Crippen molar-refractivity contribution in [2.75, 3.05) is 32.6 Å². The minimum absolute atomic E-state index is 0.0138. The summed E-state index contributed by atoms with van der Waals surface area (Å²) in [7, 11) is -2.28. The first kappa shape index (κ1) is 16.5. The third-order valence-corrected chi connectivity index (χ3v) is 3.85. The zero-order valence-electron chi connectivity index (χ0n) is 11.7. The smallest absolute Gasteiger partial charge is 0.244 e. The summed E-state index contributed by atoms with van der Waals surface area (Å²) < 4.78 is 37.0. The first-order valence-corrected chi connectivity index (χ1v) is 7.50. The van der Waals surface area contributed by atoms with Crippen molar-refractivity contribution in [2.45, 2.75) is 11.8 Å². The molecule has 0 bridgehead atoms. The molecule has 1 aromatic carbocycles. The number of nitrogen functional groups attached to an aromatic ring is 1. The molecular formula is C13H20N2O4S. The van der Waals surface area contributed by atoms with Gasteiger partial charge >= 0.3 is 0 Å². The highest BCUT2D eigenvalue weighted by molar-refractivity contribution is 7.89. The average molecular weight is 300 g/mol. The molecule has 0 amide bonds. The van der Waals surface area contributed by atoms with Crippen LogP contribution in [0.1, 0.15) is 6.92 Å². The molecule has 0 saturated heterocycles. The summed E-state index contributed by atoms with van der Waals surface area (Å²) in [5.41, 5.74) is 6.84. The predicted octanol–water partition coefficient (Wildman–Crippen LogP) is 1.15. The van der Waals surface area contributed by atoms with Gasteiger partial charge in [0.05, 0.1) is 20.3 Å². The van der Waals surface area contributed by atoms with Crippen LogP contribution in [-0.4, -0.2) is 35.3 Å². The number of benzene rings is 1. The van der Waals surface area contributed by atoms with Crippen molar-refractivity contribution in [3.05, 3.63) is 30.4 Å². The number of ether oxygens (including phenoxy) is 2. The van der Waals surface area contributed by atoms with Gasteiger partial charge in [-0.2, -0.15) is 0 Å². The molecule has 112 valence electrons. The van der Waals surface area contributed by atoms with Crippen LogP contribution in [0.5, 0.6) is 5.75 Å². The van der Waals surface area contributed by atoms with Gasteiger partial charge in [-0.15, -0.1) is 0 Å². The fraction of sp³-hybridized carbons (Fsp3) is 0.385. The van der Waals surface area contributed by atoms with E-state index >= 15 is 0 Å². The van der Waals surface area contributed by atoms with Crippen LogP contribution >= 0.6 is 0 Å². The molecule has 0 spiro atoms. The molecule has 0 aliphatic heterocycles. The van der Waals surface area contributed by atoms with Gasteiger partial charge in [0.15, 0.2) is 0 Å². The van der Waals surface area contributed by atoms with Crippen molar-refractivity contribution in [1.82, 2.24) is 4.72 Å². The van der Waals surface area contributed by atoms with E-state index in [0.717, 1.165) is 5.57 Å². The lowest BCUT2D eigenvalue weighted by molar-refractivity contribution is 0.162. The van der Waals surface area contributed by atoms with Gasteiger partial charge in [-0.05, 0) is 25.1 Å². The second kappa shape index (κ2) is 7.28. The molecule has 7 heteroatoms. The number of rotatable bonds is 8. The van der Waals surface area contributed by atoms with Crippen molar-refractivity contribution in [3.63, 3.8) is 0 Å². The molecule has 6 nitrogen and oxygen atoms in total. The fourth-order valence-corrected chi connectivity index (χ4v) is 2.69. The van der Waals surface area contributed by atoms with Crippen LogP contribution in [0, 0.1) is 0 Å². The van der Waals surface area contributed by atoms with E-state index in [1.807, 2.05) is 6.92 Å². The quantitative estimate of drug-likeness (QED) is 0.427. The van der Waals surface area contributed by atoms with Gasteiger partial charge in [0.1, 0.15) is 10.6 Å². The number of anilines is 1. The highest BCUT2D eigenvalue weighted by atomic mass is 32.2. The van der Waals surface area contributed by atoms with Gasteiger partial charge in [-0.3, -0.25) is 0 Å². The lowest BCUT2D eigenvalue weighted by Gasteiger charge is -2.11. The fourth-order valence-electron chi connectivity index (χ4n) is 1.48. The zero-order chi connectivity index (χ0) is 15.2. The third kappa shape index (κ3) is 4.84. The van der Waals surface area contributed by atoms with E-state index in [-0.39, 0.29) is 23.8 Å². The first-order chi connectivity index (χ1) is 9.36. The van der Waals surface area contributed by atoms with Crippen molar-refractivity contribution >= 4 is 15.7 Å². The second-order valence-electron chi connectivity index (χ2n) is 4.32. The van der Waals surface area contributed by atoms with Crippen molar-refractivity contribution in [1.29, 1.82) is 0 Å². The van der Waals surface area contributed by atoms with Crippen LogP contribution in [0.2, 0.25) is 0 Å². The topological polar surface area (TPSA) is 90.7 Å². The second-order valence-corrected chi connectivity index (χ2v) is 6.05. The Bertz CT molecular complexity index is 570. The lowest BCUT2D eigenvalue weighted by atomic mass is 10.3. The Balaban J connectivity index is 2.69. The first-order valence-electron chi connectivity index (χ1n) is 6.02. The lowest BCUT2D eigenvalue weighted by Crippen LogP contribution is -2.28. The summed E-state index contributed by atoms with van der Waals surface area (Å²) in [6.07, 6.45) is 0. The maximum absolute atomic E-state index is 12.1. The molecule has 0 radical (unpaired) electrons. The van der Waals surface area contributed by atoms with E-state index in [1.54, 1.807) is 6.07 Å². The van der Waals surface area contributed by atoms with Crippen molar-refractivity contribution < 1.29 is 17.9 Å². The Morgan fingerprint density at radius 3 is 2.75 bits per heavy atom. The van der Waals surface area contributed by atoms with Gasteiger partial charge < -0.3 is 15.2 Å². The van der Waals surface area contributed by atoms with Crippen LogP contribution in [0.4, 0.5) is 5.69 Å². The van der Waals surface area contributed by atoms with Gasteiger partial charge in [-0.1, -0.05) is 12.2 Å². The molecule has 0 aliphatic rings. The third-order valence-electron chi connectivity index (χ3n) is 2.36. The Morgan fingerprint density at radius 1 is 1.45 bits per heavy atom. The number of hydrogen-bond donors (Lipinski definition) is 2. The van der Waals surface area contributed by atoms with E-state index in [2.05, 4.69) is 11.3 Å². The van der Waals surface area contributed by atoms with E-state index in [4.69, 9.17) is 15.2 Å². The molecule has 0 saturated carbocycles. The highest BCUT2D eigenvalue weighted by Gasteiger charge is 2.19. The highest BCUT2D eigenvalue weighted by Crippen LogP contribution is 2.25. The Morgan fingerprint density at radius 2 is 2.15 bits per heavy atom. The molecular weight excluding hydrogens is 280 g/mol. The molecule has 0 unspecified atom stereocenters. The molecule has 0 aliphatic carbocycles. The van der Waals surface area contributed by atoms with E-state index in [9.17, 15) is 8.42 Å². The number of hydrogen-bond acceptors (Lipinski definition) is 5. The van der Waals surface area contributed by atoms with Crippen LogP contribution in [0.3, 0.4) is 0 Å². The van der Waals surface area contributed by atoms with Crippen LogP contribution < -0.4 is 15.2 Å². The summed E-state index contributed by atoms with van der Waals surface area (Å²) in [5, 5.41) is 0. The molecule has 0 heterocycles. The summed E-state index contributed by atoms with van der Waals surface area (Å²) >= 11 is 0. The summed E-state index contributed by atoms with van der Waals surface area (Å²) in [6, 6.07) is 4.45. The standard InChI is InChI=1S/C13H20N2O4S/c1-10(2)9-19-7-6-15-20(16,17)13-8-11(14)4-5-12(13)18-3/h4-5,8,15H,1,6-7,9,14H2,2-3H3. The predicted molar refractivity (Wildman–Crippen MR) is 78.2 cm³/mol. The number of methoxy groups -OCH3 is 1. The zero-order valence-corrected chi connectivity index (χ0v) is 12.5. The van der Waals surface area contributed by atoms with E-state index in [1.165, 1.54) is 19.2 Å². The van der Waals surface area contributed by atoms with Crippen LogP contribution in [-0.2, 0) is 14.8 Å².